The fourth-order valence-electron chi connectivity index (χ4n) is 1.34. The first-order valence-corrected chi connectivity index (χ1v) is 5.45. The summed E-state index contributed by atoms with van der Waals surface area (Å²) in [6, 6.07) is 4.01. The highest BCUT2D eigenvalue weighted by Gasteiger charge is 2.11. The number of rotatable bonds is 5. The Morgan fingerprint density at radius 1 is 1.50 bits per heavy atom. The van der Waals surface area contributed by atoms with E-state index < -0.39 is 11.0 Å². The van der Waals surface area contributed by atoms with Gasteiger partial charge in [0.15, 0.2) is 0 Å². The number of nitro groups is 1. The molecule has 0 saturated carbocycles. The number of aryl methyl sites for hydroxylation is 1. The second-order valence-electron chi connectivity index (χ2n) is 3.72. The number of carbonyl (C=O) groups is 1. The summed E-state index contributed by atoms with van der Waals surface area (Å²) < 4.78 is 0. The number of benzene rings is 1. The predicted octanol–water partition coefficient (Wildman–Crippen LogP) is 1.41. The van der Waals surface area contributed by atoms with E-state index in [1.807, 2.05) is 0 Å². The lowest BCUT2D eigenvalue weighted by Crippen LogP contribution is -2.29. The molecule has 0 aliphatic rings. The minimum absolute atomic E-state index is 0.00369. The molecule has 0 radical (unpaired) electrons. The molecule has 0 heterocycles. The molecule has 0 spiro atoms. The molecule has 7 nitrogen and oxygen atoms in total. The first kappa shape index (κ1) is 13.9. The van der Waals surface area contributed by atoms with E-state index in [-0.39, 0.29) is 12.3 Å². The van der Waals surface area contributed by atoms with Crippen molar-refractivity contribution >= 4 is 17.4 Å². The van der Waals surface area contributed by atoms with Crippen LogP contribution in [0, 0.1) is 17.0 Å². The van der Waals surface area contributed by atoms with Crippen LogP contribution in [0.2, 0.25) is 0 Å². The zero-order valence-corrected chi connectivity index (χ0v) is 9.97. The third kappa shape index (κ3) is 4.02. The monoisotopic (exact) mass is 253 g/mol. The number of nitrogens with zero attached hydrogens (tertiary/aromatic N) is 1. The molecule has 1 rings (SSSR count). The molecule has 0 atom stereocenters. The summed E-state index contributed by atoms with van der Waals surface area (Å²) in [5.41, 5.74) is 0.850. The molecule has 7 heteroatoms. The first-order chi connectivity index (χ1) is 8.54. The lowest BCUT2D eigenvalue weighted by atomic mass is 10.2. The summed E-state index contributed by atoms with van der Waals surface area (Å²) in [6.07, 6.45) is 0.460. The summed E-state index contributed by atoms with van der Waals surface area (Å²) >= 11 is 0. The van der Waals surface area contributed by atoms with Crippen LogP contribution >= 0.6 is 0 Å². The zero-order valence-electron chi connectivity index (χ0n) is 9.97. The minimum atomic E-state index is -0.496. The fourth-order valence-corrected chi connectivity index (χ4v) is 1.34. The van der Waals surface area contributed by atoms with Crippen molar-refractivity contribution in [2.45, 2.75) is 13.3 Å². The van der Waals surface area contributed by atoms with Crippen molar-refractivity contribution < 1.29 is 14.8 Å². The van der Waals surface area contributed by atoms with Gasteiger partial charge in [-0.25, -0.2) is 4.79 Å². The van der Waals surface area contributed by atoms with Gasteiger partial charge in [-0.2, -0.15) is 0 Å². The van der Waals surface area contributed by atoms with Crippen LogP contribution in [-0.4, -0.2) is 29.2 Å². The van der Waals surface area contributed by atoms with E-state index in [0.717, 1.165) is 0 Å². The maximum absolute atomic E-state index is 11.4. The second-order valence-corrected chi connectivity index (χ2v) is 3.72. The molecule has 1 aromatic carbocycles. The van der Waals surface area contributed by atoms with Gasteiger partial charge in [-0.15, -0.1) is 0 Å². The van der Waals surface area contributed by atoms with E-state index in [0.29, 0.717) is 24.2 Å². The van der Waals surface area contributed by atoms with Crippen LogP contribution in [0.25, 0.3) is 0 Å². The van der Waals surface area contributed by atoms with Gasteiger partial charge < -0.3 is 15.7 Å². The Bertz CT molecular complexity index is 448. The van der Waals surface area contributed by atoms with Gasteiger partial charge in [-0.3, -0.25) is 10.1 Å². The topological polar surface area (TPSA) is 104 Å². The normalized spacial score (nSPS) is 9.89. The number of carbonyl (C=O) groups excluding carboxylic acids is 1. The third-order valence-electron chi connectivity index (χ3n) is 2.28. The van der Waals surface area contributed by atoms with Crippen LogP contribution < -0.4 is 10.6 Å². The van der Waals surface area contributed by atoms with Crippen LogP contribution in [0.1, 0.15) is 12.0 Å². The SMILES string of the molecule is Cc1ccc(NC(=O)NCCCO)cc1[N+](=O)[O-]. The van der Waals surface area contributed by atoms with Gasteiger partial charge in [0.1, 0.15) is 0 Å². The van der Waals surface area contributed by atoms with Gasteiger partial charge >= 0.3 is 6.03 Å². The van der Waals surface area contributed by atoms with E-state index in [2.05, 4.69) is 10.6 Å². The Balaban J connectivity index is 2.65. The van der Waals surface area contributed by atoms with Gasteiger partial charge in [0, 0.05) is 30.5 Å². The molecule has 0 unspecified atom stereocenters. The van der Waals surface area contributed by atoms with Crippen molar-refractivity contribution in [3.63, 3.8) is 0 Å². The Kier molecular flexibility index (Phi) is 5.06. The quantitative estimate of drug-likeness (QED) is 0.419. The van der Waals surface area contributed by atoms with Crippen molar-refractivity contribution in [1.29, 1.82) is 0 Å². The molecule has 1 aromatic rings. The second kappa shape index (κ2) is 6.55. The minimum Gasteiger partial charge on any atom is -0.396 e. The molecule has 18 heavy (non-hydrogen) atoms. The first-order valence-electron chi connectivity index (χ1n) is 5.45. The molecule has 0 saturated heterocycles. The van der Waals surface area contributed by atoms with Crippen LogP contribution in [0.3, 0.4) is 0 Å². The summed E-state index contributed by atoms with van der Waals surface area (Å²) in [4.78, 5) is 21.6. The lowest BCUT2D eigenvalue weighted by Gasteiger charge is -2.07. The number of urea groups is 1. The highest BCUT2D eigenvalue weighted by molar-refractivity contribution is 5.89. The van der Waals surface area contributed by atoms with Crippen LogP contribution in [0.4, 0.5) is 16.2 Å². The molecule has 2 amide bonds. The smallest absolute Gasteiger partial charge is 0.319 e. The highest BCUT2D eigenvalue weighted by atomic mass is 16.6. The van der Waals surface area contributed by atoms with Crippen LogP contribution in [0.15, 0.2) is 18.2 Å². The molecule has 0 aromatic heterocycles. The summed E-state index contributed by atoms with van der Waals surface area (Å²) in [5, 5.41) is 24.3. The summed E-state index contributed by atoms with van der Waals surface area (Å²) in [7, 11) is 0. The van der Waals surface area contributed by atoms with Gasteiger partial charge in [-0.05, 0) is 19.4 Å². The van der Waals surface area contributed by atoms with E-state index in [1.165, 1.54) is 6.07 Å². The average Bonchev–Trinajstić information content (AvgIpc) is 2.31. The maximum Gasteiger partial charge on any atom is 0.319 e. The largest absolute Gasteiger partial charge is 0.396 e. The van der Waals surface area contributed by atoms with Crippen molar-refractivity contribution in [3.05, 3.63) is 33.9 Å². The predicted molar refractivity (Wildman–Crippen MR) is 66.6 cm³/mol. The van der Waals surface area contributed by atoms with Crippen molar-refractivity contribution in [1.82, 2.24) is 5.32 Å². The van der Waals surface area contributed by atoms with Crippen molar-refractivity contribution in [3.8, 4) is 0 Å². The van der Waals surface area contributed by atoms with Gasteiger partial charge in [0.25, 0.3) is 5.69 Å². The number of nitro benzene ring substituents is 1. The Hall–Kier alpha value is -2.15. The number of anilines is 1. The molecule has 0 bridgehead atoms. The molecule has 0 aliphatic heterocycles. The van der Waals surface area contributed by atoms with Gasteiger partial charge in [-0.1, -0.05) is 6.07 Å². The number of aliphatic hydroxyl groups is 1. The molecule has 0 aliphatic carbocycles. The van der Waals surface area contributed by atoms with Gasteiger partial charge in [0.05, 0.1) is 4.92 Å². The van der Waals surface area contributed by atoms with Crippen LogP contribution in [0.5, 0.6) is 0 Å². The number of amides is 2. The molecule has 0 fully saturated rings. The number of aliphatic hydroxyl groups excluding tert-OH is 1. The Labute approximate surface area is 104 Å². The molecule has 98 valence electrons. The Morgan fingerprint density at radius 2 is 2.22 bits per heavy atom. The Morgan fingerprint density at radius 3 is 2.83 bits per heavy atom. The third-order valence-corrected chi connectivity index (χ3v) is 2.28. The van der Waals surface area contributed by atoms with E-state index in [4.69, 9.17) is 5.11 Å². The van der Waals surface area contributed by atoms with Crippen molar-refractivity contribution in [2.75, 3.05) is 18.5 Å². The molecule has 3 N–H and O–H groups in total. The number of nitrogens with one attached hydrogen (secondary N) is 2. The van der Waals surface area contributed by atoms with Gasteiger partial charge in [0.2, 0.25) is 0 Å². The maximum atomic E-state index is 11.4. The van der Waals surface area contributed by atoms with Crippen molar-refractivity contribution in [2.24, 2.45) is 0 Å². The highest BCUT2D eigenvalue weighted by Crippen LogP contribution is 2.22. The van der Waals surface area contributed by atoms with E-state index in [1.54, 1.807) is 19.1 Å². The standard InChI is InChI=1S/C11H15N3O4/c1-8-3-4-9(7-10(8)14(17)18)13-11(16)12-5-2-6-15/h3-4,7,15H,2,5-6H2,1H3,(H2,12,13,16). The average molecular weight is 253 g/mol. The summed E-state index contributed by atoms with van der Waals surface area (Å²) in [5.74, 6) is 0. The number of hydrogen-bond acceptors (Lipinski definition) is 4. The van der Waals surface area contributed by atoms with E-state index >= 15 is 0 Å². The number of hydrogen-bond donors (Lipinski definition) is 3. The van der Waals surface area contributed by atoms with Crippen LogP contribution in [-0.2, 0) is 0 Å². The lowest BCUT2D eigenvalue weighted by molar-refractivity contribution is -0.385. The van der Waals surface area contributed by atoms with E-state index in [9.17, 15) is 14.9 Å². The molecular formula is C11H15N3O4. The molecular weight excluding hydrogens is 238 g/mol. The zero-order chi connectivity index (χ0) is 13.5. The fraction of sp³-hybridized carbons (Fsp3) is 0.364. The summed E-state index contributed by atoms with van der Waals surface area (Å²) in [6.45, 7) is 1.97.